The van der Waals surface area contributed by atoms with Crippen molar-refractivity contribution in [2.75, 3.05) is 19.6 Å². The number of aromatic nitrogens is 1. The van der Waals surface area contributed by atoms with E-state index in [1.165, 1.54) is 38.9 Å². The molecule has 1 amide bonds. The van der Waals surface area contributed by atoms with Crippen molar-refractivity contribution in [1.82, 2.24) is 10.1 Å². The Morgan fingerprint density at radius 2 is 2.13 bits per heavy atom. The Hall–Kier alpha value is -1.66. The molecule has 5 nitrogen and oxygen atoms in total. The summed E-state index contributed by atoms with van der Waals surface area (Å²) in [6.45, 7) is 3.68. The zero-order chi connectivity index (χ0) is 16.1. The summed E-state index contributed by atoms with van der Waals surface area (Å²) in [6, 6.07) is 3.94. The second-order valence-electron chi connectivity index (χ2n) is 6.04. The maximum Gasteiger partial charge on any atom is 0.271 e. The van der Waals surface area contributed by atoms with E-state index in [4.69, 9.17) is 10.3 Å². The Labute approximate surface area is 140 Å². The SMILES string of the molecule is NC(=O)c1noc(-c2cccs2)c1CCCCCN1CCCC1. The second-order valence-corrected chi connectivity index (χ2v) is 6.99. The predicted octanol–water partition coefficient (Wildman–Crippen LogP) is 3.31. The van der Waals surface area contributed by atoms with Crippen LogP contribution in [0.25, 0.3) is 10.6 Å². The van der Waals surface area contributed by atoms with Gasteiger partial charge in [0, 0.05) is 5.56 Å². The number of carbonyl (C=O) groups excluding carboxylic acids is 1. The van der Waals surface area contributed by atoms with Crippen LogP contribution in [0.2, 0.25) is 0 Å². The fourth-order valence-corrected chi connectivity index (χ4v) is 3.88. The lowest BCUT2D eigenvalue weighted by Gasteiger charge is -2.13. The number of unbranched alkanes of at least 4 members (excludes halogenated alkanes) is 2. The molecule has 0 spiro atoms. The van der Waals surface area contributed by atoms with Crippen LogP contribution in [0.5, 0.6) is 0 Å². The monoisotopic (exact) mass is 333 g/mol. The van der Waals surface area contributed by atoms with Crippen molar-refractivity contribution < 1.29 is 9.32 Å². The van der Waals surface area contributed by atoms with Gasteiger partial charge >= 0.3 is 0 Å². The summed E-state index contributed by atoms with van der Waals surface area (Å²) in [5, 5.41) is 5.87. The lowest BCUT2D eigenvalue weighted by Crippen LogP contribution is -2.20. The highest BCUT2D eigenvalue weighted by Gasteiger charge is 2.21. The third-order valence-corrected chi connectivity index (χ3v) is 5.23. The van der Waals surface area contributed by atoms with Gasteiger partial charge in [0.05, 0.1) is 4.88 Å². The van der Waals surface area contributed by atoms with Crippen molar-refractivity contribution in [3.8, 4) is 10.6 Å². The molecule has 2 aromatic heterocycles. The molecule has 124 valence electrons. The average Bonchev–Trinajstić information content (AvgIpc) is 3.28. The molecule has 1 fully saturated rings. The van der Waals surface area contributed by atoms with Gasteiger partial charge in [0.15, 0.2) is 11.5 Å². The molecule has 6 heteroatoms. The Morgan fingerprint density at radius 3 is 2.83 bits per heavy atom. The maximum atomic E-state index is 11.6. The molecule has 2 aromatic rings. The minimum atomic E-state index is -0.511. The number of likely N-dealkylation sites (tertiary alicyclic amines) is 1. The van der Waals surface area contributed by atoms with Crippen LogP contribution < -0.4 is 5.73 Å². The van der Waals surface area contributed by atoms with E-state index >= 15 is 0 Å². The van der Waals surface area contributed by atoms with Crippen LogP contribution in [-0.4, -0.2) is 35.6 Å². The first-order chi connectivity index (χ1) is 11.3. The highest BCUT2D eigenvalue weighted by molar-refractivity contribution is 7.13. The minimum Gasteiger partial charge on any atom is -0.364 e. The lowest BCUT2D eigenvalue weighted by atomic mass is 10.0. The van der Waals surface area contributed by atoms with Crippen LogP contribution in [0, 0.1) is 0 Å². The molecule has 0 aliphatic carbocycles. The largest absolute Gasteiger partial charge is 0.364 e. The molecule has 3 heterocycles. The minimum absolute atomic E-state index is 0.285. The quantitative estimate of drug-likeness (QED) is 0.752. The van der Waals surface area contributed by atoms with E-state index in [9.17, 15) is 4.79 Å². The van der Waals surface area contributed by atoms with Crippen LogP contribution in [0.4, 0.5) is 0 Å². The molecule has 0 saturated carbocycles. The number of primary amides is 1. The number of hydrogen-bond acceptors (Lipinski definition) is 5. The van der Waals surface area contributed by atoms with E-state index < -0.39 is 5.91 Å². The maximum absolute atomic E-state index is 11.6. The van der Waals surface area contributed by atoms with Crippen LogP contribution in [0.1, 0.15) is 48.2 Å². The summed E-state index contributed by atoms with van der Waals surface area (Å²) >= 11 is 1.58. The summed E-state index contributed by atoms with van der Waals surface area (Å²) < 4.78 is 5.39. The van der Waals surface area contributed by atoms with E-state index in [1.807, 2.05) is 17.5 Å². The molecule has 0 unspecified atom stereocenters. The van der Waals surface area contributed by atoms with Gasteiger partial charge in [0.2, 0.25) is 0 Å². The number of carbonyl (C=O) groups is 1. The van der Waals surface area contributed by atoms with Crippen molar-refractivity contribution >= 4 is 17.2 Å². The molecule has 2 N–H and O–H groups in total. The van der Waals surface area contributed by atoms with Gasteiger partial charge in [-0.1, -0.05) is 17.6 Å². The first-order valence-electron chi connectivity index (χ1n) is 8.30. The zero-order valence-electron chi connectivity index (χ0n) is 13.3. The normalized spacial score (nSPS) is 15.3. The number of rotatable bonds is 8. The highest BCUT2D eigenvalue weighted by Crippen LogP contribution is 2.31. The van der Waals surface area contributed by atoms with E-state index in [1.54, 1.807) is 11.3 Å². The Kier molecular flexibility index (Phi) is 5.46. The molecule has 0 atom stereocenters. The molecule has 23 heavy (non-hydrogen) atoms. The number of hydrogen-bond donors (Lipinski definition) is 1. The molecule has 1 aliphatic heterocycles. The van der Waals surface area contributed by atoms with E-state index in [-0.39, 0.29) is 5.69 Å². The van der Waals surface area contributed by atoms with Crippen molar-refractivity contribution in [3.05, 3.63) is 28.8 Å². The topological polar surface area (TPSA) is 72.4 Å². The second kappa shape index (κ2) is 7.75. The molecule has 0 bridgehead atoms. The molecule has 3 rings (SSSR count). The number of nitrogens with two attached hydrogens (primary N) is 1. The summed E-state index contributed by atoms with van der Waals surface area (Å²) in [4.78, 5) is 15.1. The van der Waals surface area contributed by atoms with Crippen molar-refractivity contribution in [1.29, 1.82) is 0 Å². The standard InChI is InChI=1S/C17H23N3O2S/c18-17(21)15-13(16(22-19-15)14-8-6-12-23-14)7-2-1-3-9-20-10-4-5-11-20/h6,8,12H,1-5,7,9-11H2,(H2,18,21). The van der Waals surface area contributed by atoms with Crippen LogP contribution >= 0.6 is 11.3 Å². The molecule has 1 aliphatic rings. The van der Waals surface area contributed by atoms with Gasteiger partial charge in [-0.3, -0.25) is 4.79 Å². The summed E-state index contributed by atoms with van der Waals surface area (Å²) in [6.07, 6.45) is 6.83. The Morgan fingerprint density at radius 1 is 1.30 bits per heavy atom. The van der Waals surface area contributed by atoms with Crippen molar-refractivity contribution in [3.63, 3.8) is 0 Å². The molecule has 1 saturated heterocycles. The molecular formula is C17H23N3O2S. The molecular weight excluding hydrogens is 310 g/mol. The van der Waals surface area contributed by atoms with Gasteiger partial charge in [-0.05, 0) is 63.2 Å². The van der Waals surface area contributed by atoms with E-state index in [0.717, 1.165) is 29.7 Å². The van der Waals surface area contributed by atoms with Crippen LogP contribution in [0.3, 0.4) is 0 Å². The highest BCUT2D eigenvalue weighted by atomic mass is 32.1. The smallest absolute Gasteiger partial charge is 0.271 e. The van der Waals surface area contributed by atoms with Gasteiger partial charge in [0.25, 0.3) is 5.91 Å². The van der Waals surface area contributed by atoms with Crippen molar-refractivity contribution in [2.24, 2.45) is 5.73 Å². The summed E-state index contributed by atoms with van der Waals surface area (Å²) in [5.41, 5.74) is 6.58. The van der Waals surface area contributed by atoms with Gasteiger partial charge in [-0.25, -0.2) is 0 Å². The summed E-state index contributed by atoms with van der Waals surface area (Å²) in [5.74, 6) is 0.192. The predicted molar refractivity (Wildman–Crippen MR) is 91.6 cm³/mol. The van der Waals surface area contributed by atoms with Gasteiger partial charge in [0.1, 0.15) is 0 Å². The third-order valence-electron chi connectivity index (χ3n) is 4.37. The van der Waals surface area contributed by atoms with Crippen LogP contribution in [0.15, 0.2) is 22.0 Å². The van der Waals surface area contributed by atoms with Crippen LogP contribution in [-0.2, 0) is 6.42 Å². The van der Waals surface area contributed by atoms with Gasteiger partial charge in [-0.2, -0.15) is 0 Å². The number of nitrogens with zero attached hydrogens (tertiary/aromatic N) is 2. The molecule has 0 aromatic carbocycles. The first kappa shape index (κ1) is 16.2. The Balaban J connectivity index is 1.57. The van der Waals surface area contributed by atoms with Gasteiger partial charge in [-0.15, -0.1) is 11.3 Å². The van der Waals surface area contributed by atoms with E-state index in [0.29, 0.717) is 5.76 Å². The Bertz CT molecular complexity index is 630. The number of thiophene rings is 1. The first-order valence-corrected chi connectivity index (χ1v) is 9.18. The summed E-state index contributed by atoms with van der Waals surface area (Å²) in [7, 11) is 0. The zero-order valence-corrected chi connectivity index (χ0v) is 14.1. The van der Waals surface area contributed by atoms with Crippen molar-refractivity contribution in [2.45, 2.75) is 38.5 Å². The fourth-order valence-electron chi connectivity index (χ4n) is 3.16. The lowest BCUT2D eigenvalue weighted by molar-refractivity contribution is 0.0991. The average molecular weight is 333 g/mol. The van der Waals surface area contributed by atoms with Gasteiger partial charge < -0.3 is 15.2 Å². The molecule has 0 radical (unpaired) electrons. The number of amides is 1. The third kappa shape index (κ3) is 4.00. The fraction of sp³-hybridized carbons (Fsp3) is 0.529. The van der Waals surface area contributed by atoms with E-state index in [2.05, 4.69) is 10.1 Å².